The van der Waals surface area contributed by atoms with E-state index in [-0.39, 0.29) is 12.5 Å². The molecule has 3 aromatic rings. The van der Waals surface area contributed by atoms with Gasteiger partial charge in [-0.15, -0.1) is 0 Å². The lowest BCUT2D eigenvalue weighted by Crippen LogP contribution is -2.34. The van der Waals surface area contributed by atoms with E-state index in [1.165, 1.54) is 0 Å². The van der Waals surface area contributed by atoms with Crippen molar-refractivity contribution in [2.45, 2.75) is 13.5 Å². The van der Waals surface area contributed by atoms with Crippen molar-refractivity contribution in [3.05, 3.63) is 60.4 Å². The Bertz CT molecular complexity index is 836. The number of carbonyl (C=O) groups excluding carboxylic acids is 1. The molecule has 1 heterocycles. The average molecular weight is 323 g/mol. The van der Waals surface area contributed by atoms with Crippen LogP contribution < -0.4 is 4.90 Å². The lowest BCUT2D eigenvalue weighted by atomic mass is 10.1. The maximum absolute atomic E-state index is 12.6. The van der Waals surface area contributed by atoms with Gasteiger partial charge in [-0.1, -0.05) is 36.4 Å². The van der Waals surface area contributed by atoms with Gasteiger partial charge in [-0.25, -0.2) is 0 Å². The molecule has 0 saturated carbocycles. The first kappa shape index (κ1) is 16.2. The van der Waals surface area contributed by atoms with Crippen molar-refractivity contribution in [1.29, 1.82) is 0 Å². The molecule has 0 aliphatic rings. The van der Waals surface area contributed by atoms with Crippen LogP contribution in [0.25, 0.3) is 10.8 Å². The van der Waals surface area contributed by atoms with Gasteiger partial charge in [0.1, 0.15) is 6.61 Å². The Morgan fingerprint density at radius 1 is 1.17 bits per heavy atom. The second kappa shape index (κ2) is 7.27. The first-order valence-corrected chi connectivity index (χ1v) is 8.03. The molecule has 5 nitrogen and oxygen atoms in total. The number of amides is 1. The number of carbonyl (C=O) groups is 1. The van der Waals surface area contributed by atoms with E-state index < -0.39 is 0 Å². The quantitative estimate of drug-likeness (QED) is 0.700. The van der Waals surface area contributed by atoms with Gasteiger partial charge in [0.05, 0.1) is 18.0 Å². The van der Waals surface area contributed by atoms with E-state index in [0.29, 0.717) is 13.2 Å². The summed E-state index contributed by atoms with van der Waals surface area (Å²) >= 11 is 0. The molecule has 0 saturated heterocycles. The molecule has 0 N–H and O–H groups in total. The van der Waals surface area contributed by atoms with Crippen molar-refractivity contribution >= 4 is 22.4 Å². The van der Waals surface area contributed by atoms with Crippen molar-refractivity contribution in [1.82, 2.24) is 9.78 Å². The molecule has 0 atom stereocenters. The van der Waals surface area contributed by atoms with Crippen LogP contribution in [-0.4, -0.2) is 28.8 Å². The second-order valence-corrected chi connectivity index (χ2v) is 5.58. The highest BCUT2D eigenvalue weighted by atomic mass is 16.5. The molecule has 0 fully saturated rings. The standard InChI is InChI=1S/C19H21N3O2/c1-3-22(18-10-6-8-15-7-4-5-9-17(15)18)19(23)14-24-13-16-11-12-20-21(16)2/h4-12H,3,13-14H2,1-2H3. The number of hydrogen-bond acceptors (Lipinski definition) is 3. The van der Waals surface area contributed by atoms with Gasteiger partial charge in [0.2, 0.25) is 0 Å². The van der Waals surface area contributed by atoms with Crippen molar-refractivity contribution in [3.63, 3.8) is 0 Å². The molecule has 0 spiro atoms. The van der Waals surface area contributed by atoms with E-state index in [1.807, 2.05) is 50.4 Å². The normalized spacial score (nSPS) is 10.9. The minimum absolute atomic E-state index is 0.0439. The highest BCUT2D eigenvalue weighted by Gasteiger charge is 2.16. The topological polar surface area (TPSA) is 47.4 Å². The molecular weight excluding hydrogens is 302 g/mol. The maximum Gasteiger partial charge on any atom is 0.252 e. The van der Waals surface area contributed by atoms with Gasteiger partial charge in [0, 0.05) is 25.2 Å². The summed E-state index contributed by atoms with van der Waals surface area (Å²) in [7, 11) is 1.86. The fraction of sp³-hybridized carbons (Fsp3) is 0.263. The molecule has 0 aliphatic heterocycles. The van der Waals surface area contributed by atoms with E-state index in [4.69, 9.17) is 4.74 Å². The Morgan fingerprint density at radius 2 is 1.96 bits per heavy atom. The van der Waals surface area contributed by atoms with Crippen LogP contribution in [0.1, 0.15) is 12.6 Å². The van der Waals surface area contributed by atoms with Crippen molar-refractivity contribution in [2.24, 2.45) is 7.05 Å². The molecule has 2 aromatic carbocycles. The SMILES string of the molecule is CCN(C(=O)COCc1ccnn1C)c1cccc2ccccc12. The van der Waals surface area contributed by atoms with Crippen LogP contribution in [0.4, 0.5) is 5.69 Å². The zero-order valence-corrected chi connectivity index (χ0v) is 14.0. The summed E-state index contributed by atoms with van der Waals surface area (Å²) in [5.74, 6) is -0.0454. The number of likely N-dealkylation sites (N-methyl/N-ethyl adjacent to an activating group) is 1. The minimum atomic E-state index is -0.0454. The lowest BCUT2D eigenvalue weighted by molar-refractivity contribution is -0.123. The third-order valence-electron chi connectivity index (χ3n) is 4.07. The molecule has 24 heavy (non-hydrogen) atoms. The van der Waals surface area contributed by atoms with E-state index >= 15 is 0 Å². The van der Waals surface area contributed by atoms with Gasteiger partial charge in [0.25, 0.3) is 5.91 Å². The van der Waals surface area contributed by atoms with Crippen molar-refractivity contribution in [2.75, 3.05) is 18.1 Å². The summed E-state index contributed by atoms with van der Waals surface area (Å²) in [6.07, 6.45) is 1.72. The van der Waals surface area contributed by atoms with Gasteiger partial charge in [0.15, 0.2) is 0 Å². The van der Waals surface area contributed by atoms with Gasteiger partial charge in [-0.3, -0.25) is 9.48 Å². The highest BCUT2D eigenvalue weighted by Crippen LogP contribution is 2.26. The predicted octanol–water partition coefficient (Wildman–Crippen LogP) is 3.14. The molecule has 5 heteroatoms. The van der Waals surface area contributed by atoms with E-state index in [2.05, 4.69) is 17.2 Å². The number of nitrogens with zero attached hydrogens (tertiary/aromatic N) is 3. The molecule has 1 aromatic heterocycles. The van der Waals surface area contributed by atoms with E-state index in [1.54, 1.807) is 15.8 Å². The number of aryl methyl sites for hydroxylation is 1. The number of hydrogen-bond donors (Lipinski definition) is 0. The minimum Gasteiger partial charge on any atom is -0.365 e. The number of benzene rings is 2. The summed E-state index contributed by atoms with van der Waals surface area (Å²) in [6, 6.07) is 16.0. The van der Waals surface area contributed by atoms with Crippen LogP contribution >= 0.6 is 0 Å². The average Bonchev–Trinajstić information content (AvgIpc) is 3.01. The number of fused-ring (bicyclic) bond motifs is 1. The summed E-state index contributed by atoms with van der Waals surface area (Å²) in [5.41, 5.74) is 1.86. The molecule has 1 amide bonds. The Hall–Kier alpha value is -2.66. The zero-order valence-electron chi connectivity index (χ0n) is 14.0. The Labute approximate surface area is 141 Å². The van der Waals surface area contributed by atoms with E-state index in [9.17, 15) is 4.79 Å². The van der Waals surface area contributed by atoms with Gasteiger partial charge in [-0.05, 0) is 24.4 Å². The van der Waals surface area contributed by atoms with Gasteiger partial charge in [-0.2, -0.15) is 5.10 Å². The highest BCUT2D eigenvalue weighted by molar-refractivity contribution is 6.04. The Kier molecular flexibility index (Phi) is 4.91. The number of ether oxygens (including phenoxy) is 1. The fourth-order valence-corrected chi connectivity index (χ4v) is 2.79. The first-order chi connectivity index (χ1) is 11.7. The third-order valence-corrected chi connectivity index (χ3v) is 4.07. The fourth-order valence-electron chi connectivity index (χ4n) is 2.79. The van der Waals surface area contributed by atoms with Crippen molar-refractivity contribution < 1.29 is 9.53 Å². The maximum atomic E-state index is 12.6. The molecule has 0 radical (unpaired) electrons. The summed E-state index contributed by atoms with van der Waals surface area (Å²) in [5, 5.41) is 6.28. The second-order valence-electron chi connectivity index (χ2n) is 5.58. The predicted molar refractivity (Wildman–Crippen MR) is 94.8 cm³/mol. The number of aromatic nitrogens is 2. The van der Waals surface area contributed by atoms with E-state index in [0.717, 1.165) is 22.2 Å². The molecule has 0 unspecified atom stereocenters. The molecular formula is C19H21N3O2. The number of rotatable bonds is 6. The summed E-state index contributed by atoms with van der Waals surface area (Å²) in [4.78, 5) is 14.4. The monoisotopic (exact) mass is 323 g/mol. The first-order valence-electron chi connectivity index (χ1n) is 8.03. The third kappa shape index (κ3) is 3.31. The van der Waals surface area contributed by atoms with Gasteiger partial charge < -0.3 is 9.64 Å². The van der Waals surface area contributed by atoms with Crippen LogP contribution in [0, 0.1) is 0 Å². The van der Waals surface area contributed by atoms with Crippen LogP contribution in [0.15, 0.2) is 54.7 Å². The molecule has 0 aliphatic carbocycles. The zero-order chi connectivity index (χ0) is 16.9. The lowest BCUT2D eigenvalue weighted by Gasteiger charge is -2.22. The van der Waals surface area contributed by atoms with Crippen LogP contribution in [0.3, 0.4) is 0 Å². The summed E-state index contributed by atoms with van der Waals surface area (Å²) in [6.45, 7) is 2.99. The molecule has 0 bridgehead atoms. The number of anilines is 1. The van der Waals surface area contributed by atoms with Crippen LogP contribution in [-0.2, 0) is 23.2 Å². The summed E-state index contributed by atoms with van der Waals surface area (Å²) < 4.78 is 7.33. The molecule has 3 rings (SSSR count). The van der Waals surface area contributed by atoms with Crippen LogP contribution in [0.5, 0.6) is 0 Å². The largest absolute Gasteiger partial charge is 0.365 e. The smallest absolute Gasteiger partial charge is 0.252 e. The Balaban J connectivity index is 1.73. The molecule has 124 valence electrons. The van der Waals surface area contributed by atoms with Crippen molar-refractivity contribution in [3.8, 4) is 0 Å². The Morgan fingerprint density at radius 3 is 2.71 bits per heavy atom. The van der Waals surface area contributed by atoms with Gasteiger partial charge >= 0.3 is 0 Å². The van der Waals surface area contributed by atoms with Crippen LogP contribution in [0.2, 0.25) is 0 Å².